The minimum absolute atomic E-state index is 0.0597. The minimum atomic E-state index is -0.124. The standard InChI is InChI=1S/C21H25N5OS/c1-14(16-8-4-5-11-22-16)24-21-25-17-10-13-28-19(17)18(26-21)20(27)23-12-9-15-6-2-3-7-15/h4-5,8,10-11,13-15H,2-3,6-7,9,12H2,1H3,(H,23,27)(H,24,25,26). The molecule has 0 saturated heterocycles. The first-order valence-electron chi connectivity index (χ1n) is 9.91. The number of hydrogen-bond donors (Lipinski definition) is 2. The van der Waals surface area contributed by atoms with E-state index in [-0.39, 0.29) is 11.9 Å². The lowest BCUT2D eigenvalue weighted by molar-refractivity contribution is 0.0948. The number of rotatable bonds is 7. The zero-order chi connectivity index (χ0) is 19.3. The van der Waals surface area contributed by atoms with Crippen LogP contribution >= 0.6 is 11.3 Å². The van der Waals surface area contributed by atoms with Gasteiger partial charge in [-0.2, -0.15) is 0 Å². The number of pyridine rings is 1. The van der Waals surface area contributed by atoms with Gasteiger partial charge in [0.1, 0.15) is 0 Å². The van der Waals surface area contributed by atoms with E-state index in [0.29, 0.717) is 18.2 Å². The van der Waals surface area contributed by atoms with Crippen LogP contribution in [0.5, 0.6) is 0 Å². The maximum Gasteiger partial charge on any atom is 0.271 e. The Morgan fingerprint density at radius 2 is 2.11 bits per heavy atom. The molecule has 0 aliphatic heterocycles. The Balaban J connectivity index is 1.49. The maximum atomic E-state index is 12.8. The van der Waals surface area contributed by atoms with E-state index in [1.54, 1.807) is 6.20 Å². The Morgan fingerprint density at radius 1 is 1.25 bits per heavy atom. The van der Waals surface area contributed by atoms with Gasteiger partial charge in [0.2, 0.25) is 5.95 Å². The fraction of sp³-hybridized carbons (Fsp3) is 0.429. The van der Waals surface area contributed by atoms with Crippen LogP contribution in [0.4, 0.5) is 5.95 Å². The van der Waals surface area contributed by atoms with Crippen molar-refractivity contribution in [2.75, 3.05) is 11.9 Å². The molecule has 1 saturated carbocycles. The van der Waals surface area contributed by atoms with Crippen molar-refractivity contribution in [3.63, 3.8) is 0 Å². The van der Waals surface area contributed by atoms with E-state index in [1.807, 2.05) is 36.6 Å². The van der Waals surface area contributed by atoms with Crippen LogP contribution in [0.15, 0.2) is 35.8 Å². The third-order valence-electron chi connectivity index (χ3n) is 5.31. The number of carbonyl (C=O) groups is 1. The lowest BCUT2D eigenvalue weighted by Crippen LogP contribution is -2.27. The smallest absolute Gasteiger partial charge is 0.271 e. The Labute approximate surface area is 168 Å². The van der Waals surface area contributed by atoms with E-state index >= 15 is 0 Å². The SMILES string of the molecule is CC(Nc1nc(C(=O)NCCC2CCCC2)c2sccc2n1)c1ccccn1. The first-order chi connectivity index (χ1) is 13.7. The summed E-state index contributed by atoms with van der Waals surface area (Å²) in [6.45, 7) is 2.71. The van der Waals surface area contributed by atoms with E-state index in [9.17, 15) is 4.79 Å². The van der Waals surface area contributed by atoms with Crippen molar-refractivity contribution in [3.05, 3.63) is 47.2 Å². The van der Waals surface area contributed by atoms with Crippen molar-refractivity contribution in [3.8, 4) is 0 Å². The molecule has 1 amide bonds. The fourth-order valence-corrected chi connectivity index (χ4v) is 4.57. The second kappa shape index (κ2) is 8.65. The summed E-state index contributed by atoms with van der Waals surface area (Å²) < 4.78 is 0.828. The summed E-state index contributed by atoms with van der Waals surface area (Å²) in [5.74, 6) is 1.08. The molecule has 4 rings (SSSR count). The summed E-state index contributed by atoms with van der Waals surface area (Å²) in [5, 5.41) is 8.28. The molecule has 146 valence electrons. The van der Waals surface area contributed by atoms with Gasteiger partial charge in [0.15, 0.2) is 5.69 Å². The highest BCUT2D eigenvalue weighted by Gasteiger charge is 2.19. The summed E-state index contributed by atoms with van der Waals surface area (Å²) in [5.41, 5.74) is 2.14. The van der Waals surface area contributed by atoms with E-state index in [4.69, 9.17) is 0 Å². The molecule has 3 aromatic heterocycles. The van der Waals surface area contributed by atoms with Gasteiger partial charge < -0.3 is 10.6 Å². The van der Waals surface area contributed by atoms with Crippen LogP contribution in [0.2, 0.25) is 0 Å². The van der Waals surface area contributed by atoms with Gasteiger partial charge in [0, 0.05) is 12.7 Å². The second-order valence-corrected chi connectivity index (χ2v) is 8.26. The molecule has 6 nitrogen and oxygen atoms in total. The van der Waals surface area contributed by atoms with E-state index < -0.39 is 0 Å². The fourth-order valence-electron chi connectivity index (χ4n) is 3.75. The van der Waals surface area contributed by atoms with Gasteiger partial charge in [-0.15, -0.1) is 11.3 Å². The quantitative estimate of drug-likeness (QED) is 0.613. The first-order valence-corrected chi connectivity index (χ1v) is 10.8. The van der Waals surface area contributed by atoms with Gasteiger partial charge in [0.05, 0.1) is 22.0 Å². The molecular formula is C21H25N5OS. The second-order valence-electron chi connectivity index (χ2n) is 7.35. The lowest BCUT2D eigenvalue weighted by atomic mass is 10.0. The number of anilines is 1. The molecule has 0 spiro atoms. The summed E-state index contributed by atoms with van der Waals surface area (Å²) in [6, 6.07) is 7.66. The number of carbonyl (C=O) groups excluding carboxylic acids is 1. The largest absolute Gasteiger partial charge is 0.351 e. The average Bonchev–Trinajstić information content (AvgIpc) is 3.39. The van der Waals surface area contributed by atoms with Crippen molar-refractivity contribution in [2.45, 2.75) is 45.1 Å². The summed E-state index contributed by atoms with van der Waals surface area (Å²) in [6.07, 6.45) is 8.04. The molecule has 0 bridgehead atoms. The van der Waals surface area contributed by atoms with Crippen molar-refractivity contribution >= 4 is 33.4 Å². The lowest BCUT2D eigenvalue weighted by Gasteiger charge is -2.14. The molecule has 1 unspecified atom stereocenters. The molecule has 1 aliphatic rings. The normalized spacial score (nSPS) is 15.6. The Morgan fingerprint density at radius 3 is 2.89 bits per heavy atom. The zero-order valence-corrected chi connectivity index (χ0v) is 16.8. The van der Waals surface area contributed by atoms with Crippen LogP contribution in [0.3, 0.4) is 0 Å². The van der Waals surface area contributed by atoms with Crippen LogP contribution in [0, 0.1) is 5.92 Å². The average molecular weight is 396 g/mol. The maximum absolute atomic E-state index is 12.8. The van der Waals surface area contributed by atoms with Crippen molar-refractivity contribution in [2.24, 2.45) is 5.92 Å². The highest BCUT2D eigenvalue weighted by Crippen LogP contribution is 2.27. The molecule has 28 heavy (non-hydrogen) atoms. The summed E-state index contributed by atoms with van der Waals surface area (Å²) >= 11 is 1.50. The van der Waals surface area contributed by atoms with E-state index in [2.05, 4.69) is 25.6 Å². The third kappa shape index (κ3) is 4.30. The van der Waals surface area contributed by atoms with Gasteiger partial charge in [-0.3, -0.25) is 9.78 Å². The van der Waals surface area contributed by atoms with Gasteiger partial charge >= 0.3 is 0 Å². The van der Waals surface area contributed by atoms with Crippen LogP contribution in [0.1, 0.15) is 61.3 Å². The Bertz CT molecular complexity index is 936. The van der Waals surface area contributed by atoms with E-state index in [0.717, 1.165) is 28.2 Å². The van der Waals surface area contributed by atoms with Gasteiger partial charge in [-0.1, -0.05) is 31.7 Å². The summed E-state index contributed by atoms with van der Waals surface area (Å²) in [7, 11) is 0. The molecule has 3 aromatic rings. The van der Waals surface area contributed by atoms with Crippen LogP contribution < -0.4 is 10.6 Å². The van der Waals surface area contributed by atoms with Crippen LogP contribution in [-0.4, -0.2) is 27.4 Å². The molecule has 1 aliphatic carbocycles. The number of amides is 1. The molecule has 1 atom stereocenters. The number of thiophene rings is 1. The topological polar surface area (TPSA) is 79.8 Å². The molecule has 0 aromatic carbocycles. The van der Waals surface area contributed by atoms with Crippen molar-refractivity contribution < 1.29 is 4.79 Å². The summed E-state index contributed by atoms with van der Waals surface area (Å²) in [4.78, 5) is 26.3. The number of nitrogens with one attached hydrogen (secondary N) is 2. The molecule has 0 radical (unpaired) electrons. The third-order valence-corrected chi connectivity index (χ3v) is 6.22. The minimum Gasteiger partial charge on any atom is -0.351 e. The molecular weight excluding hydrogens is 370 g/mol. The van der Waals surface area contributed by atoms with Gasteiger partial charge in [-0.05, 0) is 42.8 Å². The number of fused-ring (bicyclic) bond motifs is 1. The Hall–Kier alpha value is -2.54. The molecule has 7 heteroatoms. The highest BCUT2D eigenvalue weighted by molar-refractivity contribution is 7.17. The number of aromatic nitrogens is 3. The Kier molecular flexibility index (Phi) is 5.81. The monoisotopic (exact) mass is 395 g/mol. The van der Waals surface area contributed by atoms with Gasteiger partial charge in [0.25, 0.3) is 5.91 Å². The predicted molar refractivity (Wildman–Crippen MR) is 113 cm³/mol. The first kappa shape index (κ1) is 18.8. The number of nitrogens with zero attached hydrogens (tertiary/aromatic N) is 3. The van der Waals surface area contributed by atoms with Crippen LogP contribution in [0.25, 0.3) is 10.2 Å². The molecule has 3 heterocycles. The zero-order valence-electron chi connectivity index (χ0n) is 16.0. The van der Waals surface area contributed by atoms with E-state index in [1.165, 1.54) is 37.0 Å². The molecule has 1 fully saturated rings. The predicted octanol–water partition coefficient (Wildman–Crippen LogP) is 4.57. The highest BCUT2D eigenvalue weighted by atomic mass is 32.1. The van der Waals surface area contributed by atoms with Crippen LogP contribution in [-0.2, 0) is 0 Å². The van der Waals surface area contributed by atoms with Crippen molar-refractivity contribution in [1.82, 2.24) is 20.3 Å². The number of hydrogen-bond acceptors (Lipinski definition) is 6. The molecule has 2 N–H and O–H groups in total. The van der Waals surface area contributed by atoms with Crippen molar-refractivity contribution in [1.29, 1.82) is 0 Å². The van der Waals surface area contributed by atoms with Gasteiger partial charge in [-0.25, -0.2) is 9.97 Å².